The van der Waals surface area contributed by atoms with Gasteiger partial charge in [-0.25, -0.2) is 4.79 Å². The maximum absolute atomic E-state index is 11.2. The van der Waals surface area contributed by atoms with Crippen LogP contribution >= 0.6 is 0 Å². The Kier molecular flexibility index (Phi) is 8.75. The van der Waals surface area contributed by atoms with E-state index >= 15 is 0 Å². The van der Waals surface area contributed by atoms with Gasteiger partial charge >= 0.3 is 5.97 Å². The fourth-order valence-electron chi connectivity index (χ4n) is 3.01. The van der Waals surface area contributed by atoms with Gasteiger partial charge in [-0.05, 0) is 36.5 Å². The van der Waals surface area contributed by atoms with E-state index in [1.807, 2.05) is 6.07 Å². The molecule has 2 N–H and O–H groups in total. The molecule has 3 nitrogen and oxygen atoms in total. The van der Waals surface area contributed by atoms with Gasteiger partial charge in [0.2, 0.25) is 0 Å². The van der Waals surface area contributed by atoms with E-state index in [1.165, 1.54) is 51.4 Å². The van der Waals surface area contributed by atoms with E-state index in [1.54, 1.807) is 13.0 Å². The van der Waals surface area contributed by atoms with Crippen molar-refractivity contribution in [3.05, 3.63) is 28.8 Å². The summed E-state index contributed by atoms with van der Waals surface area (Å²) in [5.41, 5.74) is 1.67. The van der Waals surface area contributed by atoms with Crippen LogP contribution in [0.25, 0.3) is 0 Å². The Bertz CT molecular complexity index is 494. The van der Waals surface area contributed by atoms with Crippen molar-refractivity contribution in [1.29, 1.82) is 0 Å². The van der Waals surface area contributed by atoms with Gasteiger partial charge in [0.25, 0.3) is 0 Å². The Morgan fingerprint density at radius 2 is 1.61 bits per heavy atom. The Labute approximate surface area is 140 Å². The number of aryl methyl sites for hydroxylation is 1. The second-order valence-electron chi connectivity index (χ2n) is 6.70. The highest BCUT2D eigenvalue weighted by atomic mass is 16.4. The number of carbonyl (C=O) groups is 1. The van der Waals surface area contributed by atoms with E-state index in [-0.39, 0.29) is 11.3 Å². The maximum atomic E-state index is 11.2. The molecule has 0 fully saturated rings. The first-order valence-electron chi connectivity index (χ1n) is 9.04. The molecule has 0 aliphatic carbocycles. The summed E-state index contributed by atoms with van der Waals surface area (Å²) >= 11 is 0. The molecule has 1 aromatic rings. The highest BCUT2D eigenvalue weighted by Gasteiger charge is 2.16. The molecule has 0 radical (unpaired) electrons. The lowest BCUT2D eigenvalue weighted by atomic mass is 9.91. The molecule has 0 aliphatic heterocycles. The predicted octanol–water partition coefficient (Wildman–Crippen LogP) is 6.03. The van der Waals surface area contributed by atoms with Crippen molar-refractivity contribution in [2.45, 2.75) is 84.5 Å². The molecule has 130 valence electrons. The summed E-state index contributed by atoms with van der Waals surface area (Å²) in [4.78, 5) is 11.2. The zero-order chi connectivity index (χ0) is 17.2. The number of aromatic carboxylic acids is 1. The molecule has 1 rings (SSSR count). The monoisotopic (exact) mass is 320 g/mol. The van der Waals surface area contributed by atoms with Gasteiger partial charge in [-0.15, -0.1) is 0 Å². The van der Waals surface area contributed by atoms with Gasteiger partial charge in [-0.2, -0.15) is 0 Å². The normalized spacial score (nSPS) is 12.3. The van der Waals surface area contributed by atoms with Crippen LogP contribution in [0, 0.1) is 6.92 Å². The lowest BCUT2D eigenvalue weighted by Gasteiger charge is -2.15. The number of hydrogen-bond acceptors (Lipinski definition) is 2. The maximum Gasteiger partial charge on any atom is 0.339 e. The van der Waals surface area contributed by atoms with Crippen LogP contribution in [0.4, 0.5) is 0 Å². The van der Waals surface area contributed by atoms with Crippen molar-refractivity contribution in [1.82, 2.24) is 0 Å². The van der Waals surface area contributed by atoms with Crippen LogP contribution in [-0.2, 0) is 0 Å². The molecule has 0 amide bonds. The van der Waals surface area contributed by atoms with E-state index in [2.05, 4.69) is 13.8 Å². The van der Waals surface area contributed by atoms with Crippen molar-refractivity contribution in [2.75, 3.05) is 0 Å². The molecule has 0 saturated carbocycles. The average molecular weight is 320 g/mol. The quantitative estimate of drug-likeness (QED) is 0.489. The molecule has 0 aromatic heterocycles. The van der Waals surface area contributed by atoms with Gasteiger partial charge in [0.05, 0.1) is 0 Å². The fourth-order valence-corrected chi connectivity index (χ4v) is 3.01. The number of aromatic hydroxyl groups is 1. The fraction of sp³-hybridized carbons (Fsp3) is 0.650. The minimum atomic E-state index is -1.06. The van der Waals surface area contributed by atoms with Gasteiger partial charge < -0.3 is 10.2 Å². The molecule has 0 bridgehead atoms. The molecule has 1 unspecified atom stereocenters. The third-order valence-corrected chi connectivity index (χ3v) is 4.61. The first-order valence-corrected chi connectivity index (χ1v) is 9.04. The van der Waals surface area contributed by atoms with Crippen molar-refractivity contribution in [3.63, 3.8) is 0 Å². The Morgan fingerprint density at radius 3 is 2.17 bits per heavy atom. The summed E-state index contributed by atoms with van der Waals surface area (Å²) in [6.45, 7) is 6.13. The first-order chi connectivity index (χ1) is 11.0. The van der Waals surface area contributed by atoms with Gasteiger partial charge in [0, 0.05) is 0 Å². The Hall–Kier alpha value is -1.51. The minimum absolute atomic E-state index is 0.0165. The molecule has 23 heavy (non-hydrogen) atoms. The van der Waals surface area contributed by atoms with Crippen LogP contribution in [0.3, 0.4) is 0 Å². The van der Waals surface area contributed by atoms with Crippen LogP contribution in [0.1, 0.15) is 99.0 Å². The number of unbranched alkanes of at least 4 members (excludes halogenated alkanes) is 7. The van der Waals surface area contributed by atoms with Crippen LogP contribution in [0.2, 0.25) is 0 Å². The second-order valence-corrected chi connectivity index (χ2v) is 6.70. The summed E-state index contributed by atoms with van der Waals surface area (Å²) in [7, 11) is 0. The van der Waals surface area contributed by atoms with E-state index in [0.717, 1.165) is 12.0 Å². The zero-order valence-corrected chi connectivity index (χ0v) is 14.9. The number of phenols is 1. The topological polar surface area (TPSA) is 57.5 Å². The van der Waals surface area contributed by atoms with Crippen molar-refractivity contribution in [3.8, 4) is 5.75 Å². The standard InChI is InChI=1S/C20H32O3/c1-4-5-6-7-8-9-10-11-12-15(2)17-13-16(3)19(21)18(14-17)20(22)23/h13-15,21H,4-12H2,1-3H3,(H,22,23). The van der Waals surface area contributed by atoms with Crippen molar-refractivity contribution in [2.24, 2.45) is 0 Å². The molecule has 0 saturated heterocycles. The Balaban J connectivity index is 2.40. The molecular formula is C20H32O3. The number of carboxylic acids is 1. The van der Waals surface area contributed by atoms with Gasteiger partial charge in [0.15, 0.2) is 0 Å². The molecule has 1 aromatic carbocycles. The summed E-state index contributed by atoms with van der Waals surface area (Å²) in [5, 5.41) is 19.0. The number of rotatable bonds is 11. The van der Waals surface area contributed by atoms with Crippen molar-refractivity contribution >= 4 is 5.97 Å². The third-order valence-electron chi connectivity index (χ3n) is 4.61. The molecule has 1 atom stereocenters. The third kappa shape index (κ3) is 6.64. The first kappa shape index (κ1) is 19.5. The van der Waals surface area contributed by atoms with Crippen LogP contribution in [0.15, 0.2) is 12.1 Å². The smallest absolute Gasteiger partial charge is 0.339 e. The van der Waals surface area contributed by atoms with E-state index in [9.17, 15) is 15.0 Å². The van der Waals surface area contributed by atoms with Crippen molar-refractivity contribution < 1.29 is 15.0 Å². The summed E-state index contributed by atoms with van der Waals surface area (Å²) < 4.78 is 0. The molecule has 3 heteroatoms. The van der Waals surface area contributed by atoms with E-state index in [4.69, 9.17) is 0 Å². The molecular weight excluding hydrogens is 288 g/mol. The van der Waals surface area contributed by atoms with E-state index < -0.39 is 5.97 Å². The summed E-state index contributed by atoms with van der Waals surface area (Å²) in [5.74, 6) is -0.847. The molecule has 0 aliphatic rings. The van der Waals surface area contributed by atoms with Crippen LogP contribution in [0.5, 0.6) is 5.75 Å². The van der Waals surface area contributed by atoms with E-state index in [0.29, 0.717) is 11.5 Å². The SMILES string of the molecule is CCCCCCCCCCC(C)c1cc(C)c(O)c(C(=O)O)c1. The zero-order valence-electron chi connectivity index (χ0n) is 14.9. The largest absolute Gasteiger partial charge is 0.507 e. The summed E-state index contributed by atoms with van der Waals surface area (Å²) in [6.07, 6.45) is 11.5. The summed E-state index contributed by atoms with van der Waals surface area (Å²) in [6, 6.07) is 3.54. The van der Waals surface area contributed by atoms with Crippen LogP contribution < -0.4 is 0 Å². The van der Waals surface area contributed by atoms with Crippen LogP contribution in [-0.4, -0.2) is 16.2 Å². The lowest BCUT2D eigenvalue weighted by Crippen LogP contribution is -2.02. The predicted molar refractivity (Wildman–Crippen MR) is 95.4 cm³/mol. The second kappa shape index (κ2) is 10.3. The highest BCUT2D eigenvalue weighted by molar-refractivity contribution is 5.91. The minimum Gasteiger partial charge on any atom is -0.507 e. The lowest BCUT2D eigenvalue weighted by molar-refractivity contribution is 0.0693. The Morgan fingerprint density at radius 1 is 1.04 bits per heavy atom. The molecule has 0 spiro atoms. The average Bonchev–Trinajstić information content (AvgIpc) is 2.51. The molecule has 0 heterocycles. The number of hydrogen-bond donors (Lipinski definition) is 2. The highest BCUT2D eigenvalue weighted by Crippen LogP contribution is 2.30. The number of benzene rings is 1. The van der Waals surface area contributed by atoms with Gasteiger partial charge in [-0.1, -0.05) is 71.3 Å². The van der Waals surface area contributed by atoms with Gasteiger partial charge in [-0.3, -0.25) is 0 Å². The number of carboxylic acid groups (broad SMARTS) is 1. The van der Waals surface area contributed by atoms with Gasteiger partial charge in [0.1, 0.15) is 11.3 Å².